The van der Waals surface area contributed by atoms with Gasteiger partial charge in [-0.15, -0.1) is 0 Å². The molecular formula is C6H12NaO6P. The average molecular weight is 234 g/mol. The van der Waals surface area contributed by atoms with E-state index < -0.39 is 26.3 Å². The molecular weight excluding hydrogens is 222 g/mol. The van der Waals surface area contributed by atoms with Gasteiger partial charge in [-0.2, -0.15) is 0 Å². The minimum absolute atomic E-state index is 0. The molecule has 0 aliphatic carbocycles. The summed E-state index contributed by atoms with van der Waals surface area (Å²) in [6.07, 6.45) is -0.314. The molecule has 0 radical (unpaired) electrons. The van der Waals surface area contributed by atoms with Crippen molar-refractivity contribution in [3.8, 4) is 0 Å². The van der Waals surface area contributed by atoms with Gasteiger partial charge in [-0.3, -0.25) is 18.7 Å². The summed E-state index contributed by atoms with van der Waals surface area (Å²) in [4.78, 5) is 21.4. The zero-order valence-electron chi connectivity index (χ0n) is 7.11. The molecule has 1 atom stereocenters. The third kappa shape index (κ3) is 7.67. The Morgan fingerprint density at radius 3 is 2.36 bits per heavy atom. The summed E-state index contributed by atoms with van der Waals surface area (Å²) < 4.78 is 19.2. The summed E-state index contributed by atoms with van der Waals surface area (Å²) in [5, 5.41) is 8.17. The van der Waals surface area contributed by atoms with Crippen molar-refractivity contribution in [3.63, 3.8) is 0 Å². The fraction of sp³-hybridized carbons (Fsp3) is 0.667. The summed E-state index contributed by atoms with van der Waals surface area (Å²) in [5.41, 5.74) is -0.676. The van der Waals surface area contributed by atoms with Gasteiger partial charge >= 0.3 is 35.5 Å². The summed E-state index contributed by atoms with van der Waals surface area (Å²) in [5.74, 6) is -0.549. The van der Waals surface area contributed by atoms with Crippen molar-refractivity contribution in [1.29, 1.82) is 0 Å². The maximum atomic E-state index is 10.8. The van der Waals surface area contributed by atoms with E-state index in [-0.39, 0.29) is 42.4 Å². The van der Waals surface area contributed by atoms with E-state index in [1.807, 2.05) is 0 Å². The van der Waals surface area contributed by atoms with Gasteiger partial charge in [-0.05, 0) is 0 Å². The first-order valence-corrected chi connectivity index (χ1v) is 4.81. The Kier molecular flexibility index (Phi) is 11.7. The number of ether oxygens (including phenoxy) is 1. The molecule has 78 valence electrons. The van der Waals surface area contributed by atoms with Crippen LogP contribution in [0.1, 0.15) is 12.8 Å². The number of hydrogen-bond acceptors (Lipinski definition) is 6. The van der Waals surface area contributed by atoms with Crippen molar-refractivity contribution < 1.29 is 28.5 Å². The van der Waals surface area contributed by atoms with Crippen molar-refractivity contribution in [1.82, 2.24) is 0 Å². The van der Waals surface area contributed by atoms with Crippen LogP contribution in [-0.2, 0) is 23.4 Å². The van der Waals surface area contributed by atoms with E-state index in [1.54, 1.807) is 0 Å². The third-order valence-electron chi connectivity index (χ3n) is 1.21. The predicted molar refractivity (Wildman–Crippen MR) is 50.6 cm³/mol. The Morgan fingerprint density at radius 2 is 1.93 bits per heavy atom. The van der Waals surface area contributed by atoms with Gasteiger partial charge in [0.15, 0.2) is 6.79 Å². The van der Waals surface area contributed by atoms with E-state index in [0.717, 1.165) is 0 Å². The normalized spacial score (nSPS) is 11.3. The summed E-state index contributed by atoms with van der Waals surface area (Å²) in [6.45, 7) is -0.762. The Hall–Kier alpha value is 0.290. The van der Waals surface area contributed by atoms with Crippen LogP contribution in [0, 0.1) is 0 Å². The molecule has 8 heteroatoms. The molecule has 0 bridgehead atoms. The molecule has 0 saturated heterocycles. The monoisotopic (exact) mass is 234 g/mol. The first kappa shape index (κ1) is 16.7. The van der Waals surface area contributed by atoms with Crippen LogP contribution in [0.15, 0.2) is 0 Å². The van der Waals surface area contributed by atoms with Gasteiger partial charge in [0.2, 0.25) is 5.52 Å². The van der Waals surface area contributed by atoms with Crippen LogP contribution >= 0.6 is 8.03 Å². The van der Waals surface area contributed by atoms with E-state index in [4.69, 9.17) is 5.11 Å². The number of aliphatic hydroxyl groups excluding tert-OH is 1. The quantitative estimate of drug-likeness (QED) is 0.282. The first-order valence-electron chi connectivity index (χ1n) is 3.49. The van der Waals surface area contributed by atoms with E-state index >= 15 is 0 Å². The number of rotatable bonds is 6. The van der Waals surface area contributed by atoms with Crippen molar-refractivity contribution in [2.45, 2.75) is 12.8 Å². The Balaban J connectivity index is 0. The second-order valence-corrected chi connectivity index (χ2v) is 3.48. The molecule has 0 spiro atoms. The maximum absolute atomic E-state index is 10.8. The van der Waals surface area contributed by atoms with Crippen LogP contribution in [0.2, 0.25) is 0 Å². The van der Waals surface area contributed by atoms with Crippen LogP contribution < -0.4 is 0 Å². The van der Waals surface area contributed by atoms with Crippen molar-refractivity contribution in [2.75, 3.05) is 13.9 Å². The molecule has 0 heterocycles. The molecule has 0 rings (SSSR count). The van der Waals surface area contributed by atoms with Crippen LogP contribution in [-0.4, -0.2) is 60.1 Å². The molecule has 0 aromatic carbocycles. The molecule has 0 aliphatic rings. The SMILES string of the molecule is COC(=O)CCC(=O)[PH](=O)OCO.[NaH]. The summed E-state index contributed by atoms with van der Waals surface area (Å²) >= 11 is 0. The minimum atomic E-state index is -2.87. The molecule has 0 aromatic heterocycles. The van der Waals surface area contributed by atoms with Gasteiger partial charge in [0, 0.05) is 6.42 Å². The van der Waals surface area contributed by atoms with Crippen LogP contribution in [0.4, 0.5) is 0 Å². The molecule has 0 aliphatic heterocycles. The van der Waals surface area contributed by atoms with Crippen molar-refractivity contribution >= 4 is 49.1 Å². The number of aliphatic hydroxyl groups is 1. The zero-order chi connectivity index (χ0) is 10.3. The number of carbonyl (C=O) groups excluding carboxylic acids is 2. The predicted octanol–water partition coefficient (Wildman–Crippen LogP) is -0.741. The Labute approximate surface area is 104 Å². The van der Waals surface area contributed by atoms with Gasteiger partial charge in [0.25, 0.3) is 8.03 Å². The molecule has 0 fully saturated rings. The van der Waals surface area contributed by atoms with Crippen molar-refractivity contribution in [3.05, 3.63) is 0 Å². The van der Waals surface area contributed by atoms with Gasteiger partial charge in [0.1, 0.15) is 0 Å². The molecule has 1 unspecified atom stereocenters. The first-order chi connectivity index (χ1) is 6.11. The molecule has 0 aromatic rings. The van der Waals surface area contributed by atoms with Gasteiger partial charge in [-0.25, -0.2) is 0 Å². The number of methoxy groups -OCH3 is 1. The van der Waals surface area contributed by atoms with E-state index in [1.165, 1.54) is 7.11 Å². The standard InChI is InChI=1S/C6H11O6P.Na.H/c1-11-5(8)2-3-6(9)13(10)12-4-7;;/h7,13H,2-4H2,1H3;;. The van der Waals surface area contributed by atoms with Crippen LogP contribution in [0.25, 0.3) is 0 Å². The van der Waals surface area contributed by atoms with Gasteiger partial charge in [0.05, 0.1) is 13.5 Å². The number of hydrogen-bond donors (Lipinski definition) is 1. The molecule has 14 heavy (non-hydrogen) atoms. The van der Waals surface area contributed by atoms with Crippen LogP contribution in [0.3, 0.4) is 0 Å². The second kappa shape index (κ2) is 9.83. The number of esters is 1. The average Bonchev–Trinajstić information content (AvgIpc) is 2.13. The molecule has 0 saturated carbocycles. The van der Waals surface area contributed by atoms with Gasteiger partial charge < -0.3 is 9.84 Å². The molecule has 1 N–H and O–H groups in total. The summed E-state index contributed by atoms with van der Waals surface area (Å²) in [7, 11) is -1.67. The summed E-state index contributed by atoms with van der Waals surface area (Å²) in [6, 6.07) is 0. The molecule has 0 amide bonds. The van der Waals surface area contributed by atoms with Crippen molar-refractivity contribution in [2.24, 2.45) is 0 Å². The fourth-order valence-electron chi connectivity index (χ4n) is 0.559. The van der Waals surface area contributed by atoms with E-state index in [0.29, 0.717) is 0 Å². The van der Waals surface area contributed by atoms with E-state index in [9.17, 15) is 14.2 Å². The third-order valence-corrected chi connectivity index (χ3v) is 2.30. The van der Waals surface area contributed by atoms with Gasteiger partial charge in [-0.1, -0.05) is 0 Å². The Bertz CT molecular complexity index is 218. The Morgan fingerprint density at radius 1 is 1.36 bits per heavy atom. The molecule has 6 nitrogen and oxygen atoms in total. The second-order valence-electron chi connectivity index (χ2n) is 2.06. The van der Waals surface area contributed by atoms with Crippen LogP contribution in [0.5, 0.6) is 0 Å². The van der Waals surface area contributed by atoms with E-state index in [2.05, 4.69) is 9.26 Å². The zero-order valence-corrected chi connectivity index (χ0v) is 8.11. The fourth-order valence-corrected chi connectivity index (χ4v) is 1.17. The number of carbonyl (C=O) groups is 2. The topological polar surface area (TPSA) is 89.9 Å².